The van der Waals surface area contributed by atoms with Gasteiger partial charge in [-0.25, -0.2) is 0 Å². The first-order valence-electron chi connectivity index (χ1n) is 7.89. The third kappa shape index (κ3) is 2.92. The summed E-state index contributed by atoms with van der Waals surface area (Å²) in [5.41, 5.74) is 2.01. The first-order valence-corrected chi connectivity index (χ1v) is 7.89. The molecule has 1 heterocycles. The molecule has 1 amide bonds. The molecule has 3 rings (SSSR count). The van der Waals surface area contributed by atoms with Crippen molar-refractivity contribution < 1.29 is 4.79 Å². The zero-order chi connectivity index (χ0) is 13.9. The summed E-state index contributed by atoms with van der Waals surface area (Å²) in [7, 11) is 5.71. The van der Waals surface area contributed by atoms with E-state index < -0.39 is 0 Å². The van der Waals surface area contributed by atoms with Gasteiger partial charge in [-0.3, -0.25) is 4.79 Å². The fourth-order valence-electron chi connectivity index (χ4n) is 3.65. The standard InChI is InChI=1S/C17H22BNO/c18-15-8-6-13(7-9-15)12-14-10-11-19(17(14)20)16-4-2-1-3-5-16/h6-9,14,16H,1-5,10-12H2. The number of hydrogen-bond acceptors (Lipinski definition) is 1. The lowest BCUT2D eigenvalue weighted by Crippen LogP contribution is -2.39. The molecule has 1 saturated heterocycles. The van der Waals surface area contributed by atoms with Crippen LogP contribution in [0.3, 0.4) is 0 Å². The van der Waals surface area contributed by atoms with Crippen molar-refractivity contribution in [1.29, 1.82) is 0 Å². The second-order valence-corrected chi connectivity index (χ2v) is 6.25. The van der Waals surface area contributed by atoms with Gasteiger partial charge in [0.2, 0.25) is 5.91 Å². The molecule has 2 nitrogen and oxygen atoms in total. The predicted molar refractivity (Wildman–Crippen MR) is 82.2 cm³/mol. The van der Waals surface area contributed by atoms with E-state index in [9.17, 15) is 4.79 Å². The van der Waals surface area contributed by atoms with Crippen molar-refractivity contribution in [3.63, 3.8) is 0 Å². The van der Waals surface area contributed by atoms with Crippen LogP contribution in [0.25, 0.3) is 0 Å². The van der Waals surface area contributed by atoms with E-state index in [4.69, 9.17) is 7.85 Å². The summed E-state index contributed by atoms with van der Waals surface area (Å²) in [6, 6.07) is 8.46. The van der Waals surface area contributed by atoms with Gasteiger partial charge in [-0.2, -0.15) is 0 Å². The van der Waals surface area contributed by atoms with Gasteiger partial charge in [0, 0.05) is 18.5 Å². The number of carbonyl (C=O) groups is 1. The van der Waals surface area contributed by atoms with Gasteiger partial charge in [0.05, 0.1) is 0 Å². The Morgan fingerprint density at radius 3 is 2.45 bits per heavy atom. The molecule has 2 fully saturated rings. The highest BCUT2D eigenvalue weighted by Gasteiger charge is 2.35. The van der Waals surface area contributed by atoms with Crippen LogP contribution in [0, 0.1) is 5.92 Å². The molecule has 0 spiro atoms. The lowest BCUT2D eigenvalue weighted by Gasteiger charge is -2.31. The SMILES string of the molecule is [B]c1ccc(CC2CCN(C3CCCCC3)C2=O)cc1. The van der Waals surface area contributed by atoms with Crippen molar-refractivity contribution in [2.75, 3.05) is 6.54 Å². The van der Waals surface area contributed by atoms with E-state index in [2.05, 4.69) is 4.90 Å². The third-order valence-electron chi connectivity index (χ3n) is 4.83. The van der Waals surface area contributed by atoms with Gasteiger partial charge in [0.15, 0.2) is 0 Å². The largest absolute Gasteiger partial charge is 0.339 e. The van der Waals surface area contributed by atoms with E-state index in [-0.39, 0.29) is 5.92 Å². The van der Waals surface area contributed by atoms with Gasteiger partial charge < -0.3 is 4.90 Å². The molecule has 3 heteroatoms. The van der Waals surface area contributed by atoms with Crippen LogP contribution in [0.5, 0.6) is 0 Å². The first kappa shape index (κ1) is 13.7. The van der Waals surface area contributed by atoms with Crippen molar-refractivity contribution in [1.82, 2.24) is 4.90 Å². The molecule has 1 unspecified atom stereocenters. The van der Waals surface area contributed by atoms with Crippen molar-refractivity contribution in [3.8, 4) is 0 Å². The molecule has 0 aromatic heterocycles. The van der Waals surface area contributed by atoms with Crippen LogP contribution in [-0.4, -0.2) is 31.2 Å². The van der Waals surface area contributed by atoms with Gasteiger partial charge >= 0.3 is 0 Å². The van der Waals surface area contributed by atoms with Gasteiger partial charge in [-0.1, -0.05) is 49.0 Å². The smallest absolute Gasteiger partial charge is 0.226 e. The van der Waals surface area contributed by atoms with E-state index in [0.29, 0.717) is 11.9 Å². The Hall–Kier alpha value is -1.25. The first-order chi connectivity index (χ1) is 9.74. The van der Waals surface area contributed by atoms with E-state index >= 15 is 0 Å². The molecule has 2 aliphatic rings. The van der Waals surface area contributed by atoms with E-state index in [1.54, 1.807) is 0 Å². The fourth-order valence-corrected chi connectivity index (χ4v) is 3.65. The highest BCUT2D eigenvalue weighted by Crippen LogP contribution is 2.30. The maximum absolute atomic E-state index is 12.6. The van der Waals surface area contributed by atoms with Crippen LogP contribution in [0.4, 0.5) is 0 Å². The van der Waals surface area contributed by atoms with E-state index in [1.165, 1.54) is 37.7 Å². The topological polar surface area (TPSA) is 20.3 Å². The quantitative estimate of drug-likeness (QED) is 0.769. The van der Waals surface area contributed by atoms with Crippen LogP contribution >= 0.6 is 0 Å². The number of benzene rings is 1. The Bertz CT molecular complexity index is 464. The summed E-state index contributed by atoms with van der Waals surface area (Å²) in [4.78, 5) is 14.7. The molecule has 1 aromatic carbocycles. The zero-order valence-corrected chi connectivity index (χ0v) is 12.1. The van der Waals surface area contributed by atoms with E-state index in [1.807, 2.05) is 24.3 Å². The lowest BCUT2D eigenvalue weighted by molar-refractivity contribution is -0.133. The number of hydrogen-bond donors (Lipinski definition) is 0. The summed E-state index contributed by atoms with van der Waals surface area (Å²) < 4.78 is 0. The van der Waals surface area contributed by atoms with Gasteiger partial charge in [0.1, 0.15) is 7.85 Å². The highest BCUT2D eigenvalue weighted by molar-refractivity contribution is 6.32. The fraction of sp³-hybridized carbons (Fsp3) is 0.588. The molecule has 1 aliphatic heterocycles. The molecule has 1 atom stereocenters. The zero-order valence-electron chi connectivity index (χ0n) is 12.1. The van der Waals surface area contributed by atoms with Crippen LogP contribution in [0.2, 0.25) is 0 Å². The second kappa shape index (κ2) is 6.03. The monoisotopic (exact) mass is 267 g/mol. The minimum atomic E-state index is 0.181. The van der Waals surface area contributed by atoms with Crippen LogP contribution in [0.15, 0.2) is 24.3 Å². The molecule has 0 N–H and O–H groups in total. The summed E-state index contributed by atoms with van der Waals surface area (Å²) >= 11 is 0. The van der Waals surface area contributed by atoms with Crippen molar-refractivity contribution >= 4 is 19.2 Å². The average Bonchev–Trinajstić information content (AvgIpc) is 2.84. The average molecular weight is 267 g/mol. The normalized spacial score (nSPS) is 24.3. The molecule has 1 saturated carbocycles. The number of amides is 1. The Morgan fingerprint density at radius 2 is 1.75 bits per heavy atom. The van der Waals surface area contributed by atoms with Crippen LogP contribution in [0.1, 0.15) is 44.1 Å². The Balaban J connectivity index is 1.61. The number of likely N-dealkylation sites (tertiary alicyclic amines) is 1. The van der Waals surface area contributed by atoms with Gasteiger partial charge in [-0.05, 0) is 31.2 Å². The van der Waals surface area contributed by atoms with Crippen molar-refractivity contribution in [2.24, 2.45) is 5.92 Å². The van der Waals surface area contributed by atoms with E-state index in [0.717, 1.165) is 24.8 Å². The minimum Gasteiger partial charge on any atom is -0.339 e. The van der Waals surface area contributed by atoms with Crippen molar-refractivity contribution in [3.05, 3.63) is 29.8 Å². The number of nitrogens with zero attached hydrogens (tertiary/aromatic N) is 1. The van der Waals surface area contributed by atoms with Gasteiger partial charge in [-0.15, -0.1) is 0 Å². The third-order valence-corrected chi connectivity index (χ3v) is 4.83. The summed E-state index contributed by atoms with van der Waals surface area (Å²) in [6.45, 7) is 0.961. The number of rotatable bonds is 3. The Kier molecular flexibility index (Phi) is 4.14. The summed E-state index contributed by atoms with van der Waals surface area (Å²) in [5.74, 6) is 0.564. The summed E-state index contributed by atoms with van der Waals surface area (Å²) in [5, 5.41) is 0. The molecule has 1 aliphatic carbocycles. The van der Waals surface area contributed by atoms with Gasteiger partial charge in [0.25, 0.3) is 0 Å². The minimum absolute atomic E-state index is 0.181. The van der Waals surface area contributed by atoms with Crippen LogP contribution in [-0.2, 0) is 11.2 Å². The lowest BCUT2D eigenvalue weighted by atomic mass is 9.92. The highest BCUT2D eigenvalue weighted by atomic mass is 16.2. The van der Waals surface area contributed by atoms with Crippen molar-refractivity contribution in [2.45, 2.75) is 51.0 Å². The molecule has 20 heavy (non-hydrogen) atoms. The second-order valence-electron chi connectivity index (χ2n) is 6.25. The molecule has 2 radical (unpaired) electrons. The summed E-state index contributed by atoms with van der Waals surface area (Å²) in [6.07, 6.45) is 8.21. The predicted octanol–water partition coefficient (Wildman–Crippen LogP) is 2.20. The Labute approximate surface area is 123 Å². The Morgan fingerprint density at radius 1 is 1.05 bits per heavy atom. The maximum Gasteiger partial charge on any atom is 0.226 e. The maximum atomic E-state index is 12.6. The van der Waals surface area contributed by atoms with Crippen LogP contribution < -0.4 is 5.46 Å². The molecule has 104 valence electrons. The molecular weight excluding hydrogens is 245 g/mol. The molecular formula is C17H22BNO. The molecule has 0 bridgehead atoms. The number of carbonyl (C=O) groups excluding carboxylic acids is 1. The molecule has 1 aromatic rings.